The molecule has 5 aromatic rings. The number of carboxylic acids is 1. The van der Waals surface area contributed by atoms with Gasteiger partial charge < -0.3 is 18.8 Å². The molecule has 0 aliphatic heterocycles. The lowest BCUT2D eigenvalue weighted by atomic mass is 9.93. The first-order valence-electron chi connectivity index (χ1n) is 11.6. The van der Waals surface area contributed by atoms with E-state index in [2.05, 4.69) is 5.16 Å². The Labute approximate surface area is 201 Å². The first-order chi connectivity index (χ1) is 17.0. The van der Waals surface area contributed by atoms with Crippen LogP contribution in [0.5, 0.6) is 11.5 Å². The van der Waals surface area contributed by atoms with Gasteiger partial charge in [0.2, 0.25) is 0 Å². The number of aromatic nitrogens is 1. The highest BCUT2D eigenvalue weighted by Crippen LogP contribution is 2.48. The molecule has 6 nitrogen and oxygen atoms in total. The lowest BCUT2D eigenvalue weighted by Gasteiger charge is -2.09. The molecule has 1 fully saturated rings. The molecule has 1 aliphatic carbocycles. The van der Waals surface area contributed by atoms with Crippen LogP contribution in [0.15, 0.2) is 75.7 Å². The van der Waals surface area contributed by atoms with Gasteiger partial charge in [0.05, 0.1) is 5.69 Å². The van der Waals surface area contributed by atoms with Gasteiger partial charge in [-0.15, -0.1) is 0 Å². The Bertz CT molecular complexity index is 1540. The Balaban J connectivity index is 1.47. The highest BCUT2D eigenvalue weighted by Gasteiger charge is 2.31. The van der Waals surface area contributed by atoms with Gasteiger partial charge in [-0.3, -0.25) is 0 Å². The van der Waals surface area contributed by atoms with E-state index < -0.39 is 5.97 Å². The number of rotatable bonds is 6. The standard InChI is InChI=1S/C29H23NO5/c1-16-26(17(2)35-30-16)23-15-25-24(14-22(23)18-8-9-18)27(29(31)32)28(34-25)19-10-12-21(13-11-19)33-20-6-4-3-5-7-20/h3-7,10-15,18H,8-9H2,1-2H3,(H,31,32). The van der Waals surface area contributed by atoms with E-state index in [0.29, 0.717) is 34.0 Å². The average molecular weight is 466 g/mol. The monoisotopic (exact) mass is 465 g/mol. The van der Waals surface area contributed by atoms with Crippen molar-refractivity contribution in [2.24, 2.45) is 0 Å². The smallest absolute Gasteiger partial charge is 0.340 e. The van der Waals surface area contributed by atoms with Gasteiger partial charge in [0.25, 0.3) is 0 Å². The number of para-hydroxylation sites is 1. The van der Waals surface area contributed by atoms with Crippen LogP contribution in [0.4, 0.5) is 0 Å². The van der Waals surface area contributed by atoms with E-state index in [9.17, 15) is 9.90 Å². The van der Waals surface area contributed by atoms with E-state index in [1.54, 1.807) is 0 Å². The summed E-state index contributed by atoms with van der Waals surface area (Å²) in [6, 6.07) is 20.7. The van der Waals surface area contributed by atoms with Crippen LogP contribution in [0.25, 0.3) is 33.4 Å². The highest BCUT2D eigenvalue weighted by molar-refractivity contribution is 6.09. The Hall–Kier alpha value is -4.32. The number of ether oxygens (including phenoxy) is 1. The molecule has 6 heteroatoms. The van der Waals surface area contributed by atoms with E-state index in [0.717, 1.165) is 46.7 Å². The minimum atomic E-state index is -1.02. The molecule has 0 radical (unpaired) electrons. The van der Waals surface area contributed by atoms with Crippen molar-refractivity contribution in [3.05, 3.63) is 89.3 Å². The van der Waals surface area contributed by atoms with Gasteiger partial charge in [0.1, 0.15) is 34.2 Å². The Morgan fingerprint density at radius 1 is 1.00 bits per heavy atom. The minimum absolute atomic E-state index is 0.170. The van der Waals surface area contributed by atoms with Crippen molar-refractivity contribution in [3.8, 4) is 33.9 Å². The first-order valence-corrected chi connectivity index (χ1v) is 11.6. The second kappa shape index (κ2) is 8.17. The molecule has 174 valence electrons. The molecule has 1 saturated carbocycles. The third-order valence-corrected chi connectivity index (χ3v) is 6.49. The summed E-state index contributed by atoms with van der Waals surface area (Å²) in [5.41, 5.74) is 5.25. The molecule has 0 amide bonds. The van der Waals surface area contributed by atoms with Gasteiger partial charge >= 0.3 is 5.97 Å². The summed E-state index contributed by atoms with van der Waals surface area (Å²) < 4.78 is 17.5. The van der Waals surface area contributed by atoms with E-state index in [1.807, 2.05) is 80.6 Å². The van der Waals surface area contributed by atoms with Crippen LogP contribution in [0.1, 0.15) is 46.1 Å². The number of furan rings is 1. The summed E-state index contributed by atoms with van der Waals surface area (Å²) in [6.45, 7) is 3.81. The van der Waals surface area contributed by atoms with Gasteiger partial charge in [-0.2, -0.15) is 0 Å². The van der Waals surface area contributed by atoms with E-state index in [4.69, 9.17) is 13.7 Å². The van der Waals surface area contributed by atoms with Gasteiger partial charge in [-0.25, -0.2) is 4.79 Å². The van der Waals surface area contributed by atoms with Crippen molar-refractivity contribution in [3.63, 3.8) is 0 Å². The third-order valence-electron chi connectivity index (χ3n) is 6.49. The Morgan fingerprint density at radius 2 is 1.71 bits per heavy atom. The van der Waals surface area contributed by atoms with Crippen molar-refractivity contribution in [2.75, 3.05) is 0 Å². The number of carbonyl (C=O) groups is 1. The topological polar surface area (TPSA) is 85.7 Å². The Kier molecular flexibility index (Phi) is 4.95. The van der Waals surface area contributed by atoms with E-state index >= 15 is 0 Å². The molecule has 0 bridgehead atoms. The molecule has 1 aliphatic rings. The van der Waals surface area contributed by atoms with E-state index in [1.165, 1.54) is 0 Å². The maximum Gasteiger partial charge on any atom is 0.340 e. The summed E-state index contributed by atoms with van der Waals surface area (Å²) in [7, 11) is 0. The van der Waals surface area contributed by atoms with Crippen LogP contribution in [-0.4, -0.2) is 16.2 Å². The average Bonchev–Trinajstić information content (AvgIpc) is 3.55. The van der Waals surface area contributed by atoms with Gasteiger partial charge in [-0.05, 0) is 92.3 Å². The molecule has 0 unspecified atom stereocenters. The van der Waals surface area contributed by atoms with Crippen LogP contribution in [0.3, 0.4) is 0 Å². The maximum atomic E-state index is 12.4. The number of nitrogens with zero attached hydrogens (tertiary/aromatic N) is 1. The molecular weight excluding hydrogens is 442 g/mol. The number of aryl methyl sites for hydroxylation is 2. The fourth-order valence-corrected chi connectivity index (χ4v) is 4.69. The molecule has 6 rings (SSSR count). The summed E-state index contributed by atoms with van der Waals surface area (Å²) >= 11 is 0. The zero-order valence-electron chi connectivity index (χ0n) is 19.4. The number of hydrogen-bond acceptors (Lipinski definition) is 5. The molecule has 2 aromatic heterocycles. The molecule has 35 heavy (non-hydrogen) atoms. The quantitative estimate of drug-likeness (QED) is 0.276. The summed E-state index contributed by atoms with van der Waals surface area (Å²) in [5, 5.41) is 14.9. The molecule has 1 N–H and O–H groups in total. The van der Waals surface area contributed by atoms with Crippen molar-refractivity contribution in [1.82, 2.24) is 5.16 Å². The molecule has 2 heterocycles. The lowest BCUT2D eigenvalue weighted by molar-refractivity contribution is 0.0699. The zero-order valence-corrected chi connectivity index (χ0v) is 19.4. The lowest BCUT2D eigenvalue weighted by Crippen LogP contribution is -1.98. The summed E-state index contributed by atoms with van der Waals surface area (Å²) in [5.74, 6) is 1.84. The second-order valence-electron chi connectivity index (χ2n) is 8.96. The number of benzene rings is 3. The first kappa shape index (κ1) is 21.2. The number of aromatic carboxylic acids is 1. The largest absolute Gasteiger partial charge is 0.478 e. The third kappa shape index (κ3) is 3.77. The maximum absolute atomic E-state index is 12.4. The van der Waals surface area contributed by atoms with Gasteiger partial charge in [0.15, 0.2) is 0 Å². The molecule has 0 saturated heterocycles. The summed E-state index contributed by atoms with van der Waals surface area (Å²) in [4.78, 5) is 12.4. The van der Waals surface area contributed by atoms with Crippen LogP contribution >= 0.6 is 0 Å². The normalized spacial score (nSPS) is 13.3. The molecule has 3 aromatic carbocycles. The zero-order chi connectivity index (χ0) is 24.1. The second-order valence-corrected chi connectivity index (χ2v) is 8.96. The van der Waals surface area contributed by atoms with Crippen LogP contribution in [0, 0.1) is 13.8 Å². The summed E-state index contributed by atoms with van der Waals surface area (Å²) in [6.07, 6.45) is 2.16. The predicted octanol–water partition coefficient (Wildman–Crippen LogP) is 7.74. The highest BCUT2D eigenvalue weighted by atomic mass is 16.5. The van der Waals surface area contributed by atoms with Crippen LogP contribution in [-0.2, 0) is 0 Å². The van der Waals surface area contributed by atoms with E-state index in [-0.39, 0.29) is 5.56 Å². The molecule has 0 spiro atoms. The van der Waals surface area contributed by atoms with Crippen LogP contribution < -0.4 is 4.74 Å². The van der Waals surface area contributed by atoms with Crippen molar-refractivity contribution >= 4 is 16.9 Å². The fraction of sp³-hybridized carbons (Fsp3) is 0.172. The van der Waals surface area contributed by atoms with Gasteiger partial charge in [-0.1, -0.05) is 23.4 Å². The van der Waals surface area contributed by atoms with Crippen LogP contribution in [0.2, 0.25) is 0 Å². The van der Waals surface area contributed by atoms with Crippen molar-refractivity contribution in [1.29, 1.82) is 0 Å². The minimum Gasteiger partial charge on any atom is -0.478 e. The van der Waals surface area contributed by atoms with Crippen molar-refractivity contribution in [2.45, 2.75) is 32.6 Å². The number of fused-ring (bicyclic) bond motifs is 1. The SMILES string of the molecule is Cc1noc(C)c1-c1cc2oc(-c3ccc(Oc4ccccc4)cc3)c(C(=O)O)c2cc1C1CC1. The predicted molar refractivity (Wildman–Crippen MR) is 132 cm³/mol. The Morgan fingerprint density at radius 3 is 2.34 bits per heavy atom. The molecule has 0 atom stereocenters. The van der Waals surface area contributed by atoms with Gasteiger partial charge in [0, 0.05) is 16.5 Å². The molecular formula is C29H23NO5. The number of carboxylic acid groups (broad SMARTS) is 1. The van der Waals surface area contributed by atoms with Crippen molar-refractivity contribution < 1.29 is 23.6 Å². The fourth-order valence-electron chi connectivity index (χ4n) is 4.69. The number of hydrogen-bond donors (Lipinski definition) is 1.